The Bertz CT molecular complexity index is 1820. The zero-order valence-electron chi connectivity index (χ0n) is 24.6. The van der Waals surface area contributed by atoms with E-state index >= 15 is 0 Å². The highest BCUT2D eigenvalue weighted by molar-refractivity contribution is 6.05. The average Bonchev–Trinajstić information content (AvgIpc) is 3.58. The number of H-pyrrole nitrogens is 3. The number of nitrogens with one attached hydrogen (secondary N) is 3. The fraction of sp³-hybridized carbons (Fsp3) is 0.333. The van der Waals surface area contributed by atoms with Gasteiger partial charge < -0.3 is 15.0 Å². The van der Waals surface area contributed by atoms with Gasteiger partial charge in [0.05, 0.1) is 5.52 Å². The van der Waals surface area contributed by atoms with Gasteiger partial charge in [-0.2, -0.15) is 0 Å². The van der Waals surface area contributed by atoms with Gasteiger partial charge in [0.2, 0.25) is 0 Å². The molecule has 0 unspecified atom stereocenters. The van der Waals surface area contributed by atoms with E-state index in [1.807, 2.05) is 6.20 Å². The second kappa shape index (κ2) is 8.64. The van der Waals surface area contributed by atoms with Crippen molar-refractivity contribution in [2.24, 2.45) is 0 Å². The average molecular weight is 516 g/mol. The zero-order chi connectivity index (χ0) is 27.7. The van der Waals surface area contributed by atoms with Crippen molar-refractivity contribution in [2.75, 3.05) is 0 Å². The Labute approximate surface area is 232 Å². The Balaban J connectivity index is 1.49. The van der Waals surface area contributed by atoms with Gasteiger partial charge in [-0.3, -0.25) is 0 Å². The van der Waals surface area contributed by atoms with E-state index in [0.717, 1.165) is 6.42 Å². The molecule has 0 saturated carbocycles. The van der Waals surface area contributed by atoms with Crippen molar-refractivity contribution >= 4 is 32.7 Å². The number of hydrogen-bond acceptors (Lipinski definition) is 0. The van der Waals surface area contributed by atoms with Crippen molar-refractivity contribution in [3.05, 3.63) is 95.4 Å². The Morgan fingerprint density at radius 1 is 0.615 bits per heavy atom. The topological polar surface area (TPSA) is 47.4 Å². The third-order valence-electron chi connectivity index (χ3n) is 8.46. The smallest absolute Gasteiger partial charge is 0.0539 e. The molecular formula is C36H41N3. The minimum absolute atomic E-state index is 0.0232. The molecule has 3 aromatic carbocycles. The molecule has 6 aromatic rings. The summed E-state index contributed by atoms with van der Waals surface area (Å²) in [6.07, 6.45) is 5.13. The van der Waals surface area contributed by atoms with Crippen molar-refractivity contribution in [1.29, 1.82) is 0 Å². The maximum Gasteiger partial charge on any atom is 0.0539 e. The van der Waals surface area contributed by atoms with Gasteiger partial charge in [-0.1, -0.05) is 85.7 Å². The van der Waals surface area contributed by atoms with E-state index in [4.69, 9.17) is 0 Å². The van der Waals surface area contributed by atoms with Crippen LogP contribution in [0.25, 0.3) is 43.8 Å². The first kappa shape index (κ1) is 25.6. The molecule has 3 heterocycles. The number of rotatable bonds is 4. The summed E-state index contributed by atoms with van der Waals surface area (Å²) >= 11 is 0. The third-order valence-corrected chi connectivity index (χ3v) is 8.46. The molecular weight excluding hydrogens is 474 g/mol. The molecule has 0 aliphatic rings. The summed E-state index contributed by atoms with van der Waals surface area (Å²) in [5, 5.41) is 3.86. The molecule has 3 aromatic heterocycles. The fourth-order valence-corrected chi connectivity index (χ4v) is 6.11. The molecule has 3 nitrogen and oxygen atoms in total. The van der Waals surface area contributed by atoms with Crippen LogP contribution < -0.4 is 0 Å². The molecule has 0 bridgehead atoms. The number of benzene rings is 3. The third kappa shape index (κ3) is 4.48. The molecule has 0 aliphatic heterocycles. The first-order valence-corrected chi connectivity index (χ1v) is 14.2. The summed E-state index contributed by atoms with van der Waals surface area (Å²) in [6.45, 7) is 18.5. The highest BCUT2D eigenvalue weighted by Gasteiger charge is 2.26. The normalized spacial score (nSPS) is 13.2. The lowest BCUT2D eigenvalue weighted by Gasteiger charge is -2.25. The lowest BCUT2D eigenvalue weighted by Crippen LogP contribution is -2.20. The number of aromatic amines is 3. The summed E-state index contributed by atoms with van der Waals surface area (Å²) in [5.74, 6) is 0. The molecule has 39 heavy (non-hydrogen) atoms. The molecule has 6 rings (SSSR count). The van der Waals surface area contributed by atoms with Crippen LogP contribution in [0.2, 0.25) is 0 Å². The zero-order valence-corrected chi connectivity index (χ0v) is 24.6. The van der Waals surface area contributed by atoms with Crippen molar-refractivity contribution in [1.82, 2.24) is 15.0 Å². The Morgan fingerprint density at radius 2 is 1.38 bits per heavy atom. The fourth-order valence-electron chi connectivity index (χ4n) is 6.11. The maximum atomic E-state index is 3.91. The highest BCUT2D eigenvalue weighted by Crippen LogP contribution is 2.41. The number of aromatic nitrogens is 3. The van der Waals surface area contributed by atoms with Crippen LogP contribution in [0.4, 0.5) is 0 Å². The van der Waals surface area contributed by atoms with E-state index in [1.54, 1.807) is 0 Å². The monoisotopic (exact) mass is 515 g/mol. The highest BCUT2D eigenvalue weighted by atomic mass is 14.7. The van der Waals surface area contributed by atoms with Crippen LogP contribution in [0.1, 0.15) is 77.8 Å². The first-order chi connectivity index (χ1) is 18.3. The van der Waals surface area contributed by atoms with Crippen LogP contribution in [0.3, 0.4) is 0 Å². The van der Waals surface area contributed by atoms with E-state index in [0.29, 0.717) is 0 Å². The minimum Gasteiger partial charge on any atom is -0.361 e. The van der Waals surface area contributed by atoms with Gasteiger partial charge in [0, 0.05) is 51.0 Å². The predicted molar refractivity (Wildman–Crippen MR) is 168 cm³/mol. The molecule has 0 atom stereocenters. The SMILES string of the molecule is CC(C)(C)c1ccc2[nH]cc(-c3ccc(C(C)(C)C)c4cc(CC(C)(C)c5ccc6cc[nH]c6c5)[nH]c34)c2c1. The van der Waals surface area contributed by atoms with Gasteiger partial charge >= 0.3 is 0 Å². The largest absolute Gasteiger partial charge is 0.361 e. The van der Waals surface area contributed by atoms with Crippen LogP contribution in [0.5, 0.6) is 0 Å². The summed E-state index contributed by atoms with van der Waals surface area (Å²) < 4.78 is 0. The second-order valence-electron chi connectivity index (χ2n) is 14.0. The van der Waals surface area contributed by atoms with E-state index < -0.39 is 0 Å². The summed E-state index contributed by atoms with van der Waals surface area (Å²) in [4.78, 5) is 10.8. The molecule has 0 radical (unpaired) electrons. The second-order valence-corrected chi connectivity index (χ2v) is 14.0. The predicted octanol–water partition coefficient (Wildman–Crippen LogP) is 9.91. The summed E-state index contributed by atoms with van der Waals surface area (Å²) in [7, 11) is 0. The molecule has 3 N–H and O–H groups in total. The maximum absolute atomic E-state index is 3.91. The van der Waals surface area contributed by atoms with Crippen molar-refractivity contribution in [3.8, 4) is 11.1 Å². The van der Waals surface area contributed by atoms with Crippen LogP contribution >= 0.6 is 0 Å². The summed E-state index contributed by atoms with van der Waals surface area (Å²) in [6, 6.07) is 22.9. The standard InChI is InChI=1S/C36H41N3/c1-34(2,3)23-11-14-31-27(17-23)29(21-38-31)26-12-13-30(35(4,5)6)28-19-25(39-33(26)28)20-36(7,8)24-10-9-22-15-16-37-32(22)18-24/h9-19,21,37-39H,20H2,1-8H3. The van der Waals surface area contributed by atoms with Gasteiger partial charge in [-0.05, 0) is 75.1 Å². The minimum atomic E-state index is -0.0232. The van der Waals surface area contributed by atoms with Gasteiger partial charge in [0.1, 0.15) is 0 Å². The van der Waals surface area contributed by atoms with Crippen LogP contribution in [-0.4, -0.2) is 15.0 Å². The summed E-state index contributed by atoms with van der Waals surface area (Å²) in [5.41, 5.74) is 11.6. The van der Waals surface area contributed by atoms with E-state index in [1.165, 1.54) is 66.2 Å². The lowest BCUT2D eigenvalue weighted by atomic mass is 9.80. The molecule has 0 saturated heterocycles. The number of hydrogen-bond donors (Lipinski definition) is 3. The Morgan fingerprint density at radius 3 is 2.13 bits per heavy atom. The quantitative estimate of drug-likeness (QED) is 0.209. The van der Waals surface area contributed by atoms with Crippen molar-refractivity contribution < 1.29 is 0 Å². The lowest BCUT2D eigenvalue weighted by molar-refractivity contribution is 0.517. The van der Waals surface area contributed by atoms with Crippen LogP contribution in [-0.2, 0) is 22.7 Å². The Hall–Kier alpha value is -3.72. The van der Waals surface area contributed by atoms with E-state index in [2.05, 4.69) is 137 Å². The molecule has 0 amide bonds. The molecule has 0 fully saturated rings. The van der Waals surface area contributed by atoms with E-state index in [9.17, 15) is 0 Å². The molecule has 200 valence electrons. The number of fused-ring (bicyclic) bond motifs is 3. The van der Waals surface area contributed by atoms with Gasteiger partial charge in [0.15, 0.2) is 0 Å². The van der Waals surface area contributed by atoms with E-state index in [-0.39, 0.29) is 16.2 Å². The molecule has 3 heteroatoms. The molecule has 0 aliphatic carbocycles. The van der Waals surface area contributed by atoms with Gasteiger partial charge in [-0.15, -0.1) is 0 Å². The van der Waals surface area contributed by atoms with Gasteiger partial charge in [0.25, 0.3) is 0 Å². The van der Waals surface area contributed by atoms with Crippen LogP contribution in [0.15, 0.2) is 73.1 Å². The Kier molecular flexibility index (Phi) is 5.66. The van der Waals surface area contributed by atoms with Crippen molar-refractivity contribution in [3.63, 3.8) is 0 Å². The van der Waals surface area contributed by atoms with Crippen LogP contribution in [0, 0.1) is 0 Å². The van der Waals surface area contributed by atoms with Crippen molar-refractivity contribution in [2.45, 2.75) is 78.1 Å². The first-order valence-electron chi connectivity index (χ1n) is 14.2. The van der Waals surface area contributed by atoms with Gasteiger partial charge in [-0.25, -0.2) is 0 Å². The molecule has 0 spiro atoms.